The highest BCUT2D eigenvalue weighted by Crippen LogP contribution is 2.21. The molecule has 3 aromatic carbocycles. The highest BCUT2D eigenvalue weighted by atomic mass is 32.2. The number of nitrogens with zero attached hydrogens (tertiary/aromatic N) is 1. The first-order valence-electron chi connectivity index (χ1n) is 9.75. The number of aromatic amines is 1. The molecule has 0 fully saturated rings. The zero-order valence-electron chi connectivity index (χ0n) is 16.9. The van der Waals surface area contributed by atoms with E-state index < -0.39 is 16.1 Å². The molecule has 158 valence electrons. The number of para-hydroxylation sites is 2. The molecule has 1 atom stereocenters. The molecule has 4 aromatic rings. The van der Waals surface area contributed by atoms with Gasteiger partial charge in [0.05, 0.1) is 23.3 Å². The number of carbonyl (C=O) groups is 1. The maximum absolute atomic E-state index is 13.0. The molecule has 1 aromatic heterocycles. The number of nitrogens with one attached hydrogen (secondary N) is 3. The van der Waals surface area contributed by atoms with Gasteiger partial charge in [-0.2, -0.15) is 0 Å². The van der Waals surface area contributed by atoms with Crippen LogP contribution in [0.2, 0.25) is 0 Å². The average Bonchev–Trinajstić information content (AvgIpc) is 3.17. The van der Waals surface area contributed by atoms with E-state index in [-0.39, 0.29) is 5.91 Å². The summed E-state index contributed by atoms with van der Waals surface area (Å²) < 4.78 is 25.4. The molecule has 0 aliphatic heterocycles. The molecule has 4 rings (SSSR count). The van der Waals surface area contributed by atoms with Crippen LogP contribution in [0.4, 0.5) is 5.69 Å². The second-order valence-corrected chi connectivity index (χ2v) is 9.06. The number of benzene rings is 3. The molecule has 0 spiro atoms. The Labute approximate surface area is 180 Å². The van der Waals surface area contributed by atoms with E-state index in [1.807, 2.05) is 54.6 Å². The van der Waals surface area contributed by atoms with Crippen molar-refractivity contribution >= 4 is 32.7 Å². The van der Waals surface area contributed by atoms with Gasteiger partial charge in [-0.15, -0.1) is 0 Å². The fourth-order valence-corrected chi connectivity index (χ4v) is 3.94. The van der Waals surface area contributed by atoms with Crippen molar-refractivity contribution in [2.75, 3.05) is 11.0 Å². The molecule has 0 aliphatic carbocycles. The van der Waals surface area contributed by atoms with Crippen molar-refractivity contribution in [1.82, 2.24) is 15.3 Å². The summed E-state index contributed by atoms with van der Waals surface area (Å²) in [6.07, 6.45) is 1.62. The molecule has 1 heterocycles. The molecule has 0 saturated carbocycles. The molecular weight excluding hydrogens is 412 g/mol. The normalized spacial score (nSPS) is 12.4. The van der Waals surface area contributed by atoms with E-state index in [4.69, 9.17) is 0 Å². The number of carbonyl (C=O) groups excluding carboxylic acids is 1. The number of aromatic nitrogens is 2. The fourth-order valence-electron chi connectivity index (χ4n) is 3.38. The number of hydrogen-bond acceptors (Lipinski definition) is 4. The smallest absolute Gasteiger partial charge is 0.251 e. The summed E-state index contributed by atoms with van der Waals surface area (Å²) in [6.45, 7) is 0. The monoisotopic (exact) mass is 434 g/mol. The molecular formula is C23H22N4O3S. The standard InChI is InChI=1S/C23H22N4O3S/c1-31(29,30)27-18-11-7-10-17(15-18)23(28)26-21(14-16-8-3-2-4-9-16)22-24-19-12-5-6-13-20(19)25-22/h2-13,15,21,27H,14H2,1H3,(H,24,25)(H,26,28)/t21-/m0/s1. The lowest BCUT2D eigenvalue weighted by atomic mass is 10.0. The minimum Gasteiger partial charge on any atom is -0.342 e. The minimum absolute atomic E-state index is 0.321. The number of fused-ring (bicyclic) bond motifs is 1. The molecule has 1 amide bonds. The van der Waals surface area contributed by atoms with Crippen LogP contribution >= 0.6 is 0 Å². The number of rotatable bonds is 7. The number of H-pyrrole nitrogens is 1. The Bertz CT molecular complexity index is 1280. The lowest BCUT2D eigenvalue weighted by Gasteiger charge is -2.17. The van der Waals surface area contributed by atoms with Gasteiger partial charge in [-0.05, 0) is 42.3 Å². The van der Waals surface area contributed by atoms with Gasteiger partial charge in [-0.1, -0.05) is 48.5 Å². The van der Waals surface area contributed by atoms with Gasteiger partial charge in [0.25, 0.3) is 5.91 Å². The molecule has 3 N–H and O–H groups in total. The third-order valence-corrected chi connectivity index (χ3v) is 5.36. The van der Waals surface area contributed by atoms with Gasteiger partial charge in [0, 0.05) is 11.3 Å². The van der Waals surface area contributed by atoms with Gasteiger partial charge in [-0.3, -0.25) is 9.52 Å². The summed E-state index contributed by atoms with van der Waals surface area (Å²) in [5.41, 5.74) is 3.45. The Hall–Kier alpha value is -3.65. The first-order chi connectivity index (χ1) is 14.9. The van der Waals surface area contributed by atoms with Gasteiger partial charge in [0.1, 0.15) is 5.82 Å². The molecule has 31 heavy (non-hydrogen) atoms. The lowest BCUT2D eigenvalue weighted by Crippen LogP contribution is -2.30. The highest BCUT2D eigenvalue weighted by Gasteiger charge is 2.20. The third kappa shape index (κ3) is 5.29. The number of hydrogen-bond donors (Lipinski definition) is 3. The molecule has 8 heteroatoms. The summed E-state index contributed by atoms with van der Waals surface area (Å²) in [4.78, 5) is 21.0. The summed E-state index contributed by atoms with van der Waals surface area (Å²) in [5.74, 6) is 0.336. The quantitative estimate of drug-likeness (QED) is 0.413. The van der Waals surface area contributed by atoms with Crippen molar-refractivity contribution in [2.45, 2.75) is 12.5 Å². The van der Waals surface area contributed by atoms with Gasteiger partial charge >= 0.3 is 0 Å². The van der Waals surface area contributed by atoms with Crippen LogP contribution in [0.5, 0.6) is 0 Å². The van der Waals surface area contributed by atoms with Crippen molar-refractivity contribution in [1.29, 1.82) is 0 Å². The van der Waals surface area contributed by atoms with E-state index in [1.54, 1.807) is 18.2 Å². The number of imidazole rings is 1. The predicted octanol–water partition coefficient (Wildman–Crippen LogP) is 3.65. The van der Waals surface area contributed by atoms with E-state index in [2.05, 4.69) is 20.0 Å². The summed E-state index contributed by atoms with van der Waals surface area (Å²) >= 11 is 0. The van der Waals surface area contributed by atoms with Crippen molar-refractivity contribution in [3.8, 4) is 0 Å². The second kappa shape index (κ2) is 8.61. The van der Waals surface area contributed by atoms with Crippen LogP contribution in [0.25, 0.3) is 11.0 Å². The molecule has 0 saturated heterocycles. The van der Waals surface area contributed by atoms with E-state index in [0.717, 1.165) is 22.9 Å². The third-order valence-electron chi connectivity index (χ3n) is 4.75. The SMILES string of the molecule is CS(=O)(=O)Nc1cccc(C(=O)N[C@@H](Cc2ccccc2)c2nc3ccccc3[nH]2)c1. The van der Waals surface area contributed by atoms with E-state index in [0.29, 0.717) is 23.5 Å². The largest absolute Gasteiger partial charge is 0.342 e. The Balaban J connectivity index is 1.62. The Morgan fingerprint density at radius 3 is 2.48 bits per heavy atom. The molecule has 0 radical (unpaired) electrons. The van der Waals surface area contributed by atoms with Crippen molar-refractivity contribution in [3.63, 3.8) is 0 Å². The molecule has 0 bridgehead atoms. The predicted molar refractivity (Wildman–Crippen MR) is 121 cm³/mol. The zero-order valence-corrected chi connectivity index (χ0v) is 17.7. The second-order valence-electron chi connectivity index (χ2n) is 7.31. The Morgan fingerprint density at radius 1 is 1.00 bits per heavy atom. The first kappa shape index (κ1) is 20.6. The van der Waals surface area contributed by atoms with Crippen LogP contribution in [0, 0.1) is 0 Å². The van der Waals surface area contributed by atoms with E-state index in [1.165, 1.54) is 6.07 Å². The average molecular weight is 435 g/mol. The van der Waals surface area contributed by atoms with Gasteiger partial charge in [0.2, 0.25) is 10.0 Å². The number of anilines is 1. The highest BCUT2D eigenvalue weighted by molar-refractivity contribution is 7.92. The fraction of sp³-hybridized carbons (Fsp3) is 0.130. The molecule has 7 nitrogen and oxygen atoms in total. The van der Waals surface area contributed by atoms with Crippen LogP contribution in [0.15, 0.2) is 78.9 Å². The van der Waals surface area contributed by atoms with Crippen molar-refractivity contribution in [2.24, 2.45) is 0 Å². The number of sulfonamides is 1. The molecule has 0 aliphatic rings. The van der Waals surface area contributed by atoms with Crippen LogP contribution in [0.3, 0.4) is 0 Å². The lowest BCUT2D eigenvalue weighted by molar-refractivity contribution is 0.0935. The van der Waals surface area contributed by atoms with Crippen LogP contribution in [0.1, 0.15) is 27.8 Å². The topological polar surface area (TPSA) is 104 Å². The summed E-state index contributed by atoms with van der Waals surface area (Å²) in [6, 6.07) is 23.5. The van der Waals surface area contributed by atoms with Gasteiger partial charge in [-0.25, -0.2) is 13.4 Å². The van der Waals surface area contributed by atoms with Gasteiger partial charge < -0.3 is 10.3 Å². The van der Waals surface area contributed by atoms with Crippen LogP contribution < -0.4 is 10.0 Å². The zero-order chi connectivity index (χ0) is 21.8. The van der Waals surface area contributed by atoms with Crippen molar-refractivity contribution < 1.29 is 13.2 Å². The van der Waals surface area contributed by atoms with Crippen LogP contribution in [-0.4, -0.2) is 30.5 Å². The molecule has 0 unspecified atom stereocenters. The number of amides is 1. The maximum atomic E-state index is 13.0. The summed E-state index contributed by atoms with van der Waals surface area (Å²) in [7, 11) is -3.44. The Kier molecular flexibility index (Phi) is 5.73. The minimum atomic E-state index is -3.44. The Morgan fingerprint density at radius 2 is 1.74 bits per heavy atom. The van der Waals surface area contributed by atoms with Gasteiger partial charge in [0.15, 0.2) is 0 Å². The summed E-state index contributed by atoms with van der Waals surface area (Å²) in [5, 5.41) is 3.04. The van der Waals surface area contributed by atoms with E-state index >= 15 is 0 Å². The first-order valence-corrected chi connectivity index (χ1v) is 11.6. The maximum Gasteiger partial charge on any atom is 0.251 e. The van der Waals surface area contributed by atoms with E-state index in [9.17, 15) is 13.2 Å². The van der Waals surface area contributed by atoms with Crippen LogP contribution in [-0.2, 0) is 16.4 Å². The van der Waals surface area contributed by atoms with Crippen molar-refractivity contribution in [3.05, 3.63) is 95.8 Å².